The number of fused-ring (bicyclic) bond motifs is 4. The molecule has 88 heavy (non-hydrogen) atoms. The number of urea groups is 1. The Hall–Kier alpha value is -7.29. The Labute approximate surface area is 520 Å². The molecule has 8 aromatic rings. The fourth-order valence-electron chi connectivity index (χ4n) is 12.4. The van der Waals surface area contributed by atoms with Crippen LogP contribution >= 0.6 is 27.5 Å². The number of halogens is 8. The van der Waals surface area contributed by atoms with Crippen LogP contribution in [0.25, 0.3) is 43.6 Å². The van der Waals surface area contributed by atoms with Gasteiger partial charge in [-0.25, -0.2) is 13.2 Å². The van der Waals surface area contributed by atoms with E-state index >= 15 is 0 Å². The van der Waals surface area contributed by atoms with Crippen LogP contribution < -0.4 is 24.9 Å². The Bertz CT molecular complexity index is 3940. The number of rotatable bonds is 5. The third-order valence-corrected chi connectivity index (χ3v) is 18.7. The van der Waals surface area contributed by atoms with Gasteiger partial charge in [0.2, 0.25) is 21.8 Å². The summed E-state index contributed by atoms with van der Waals surface area (Å²) in [5.41, 5.74) is 3.88. The largest absolute Gasteiger partial charge is 0.416 e. The lowest BCUT2D eigenvalue weighted by atomic mass is 9.97. The lowest BCUT2D eigenvalue weighted by molar-refractivity contribution is -0.138. The Balaban J connectivity index is 0.000000140. The minimum Gasteiger partial charge on any atom is -0.368 e. The maximum atomic E-state index is 13.2. The van der Waals surface area contributed by atoms with Gasteiger partial charge in [-0.3, -0.25) is 9.59 Å². The molecular formula is C61H73BrClF6N13O5S. The molecule has 4 fully saturated rings. The third-order valence-electron chi connectivity index (χ3n) is 16.5. The summed E-state index contributed by atoms with van der Waals surface area (Å²) >= 11 is 9.74. The molecule has 18 nitrogen and oxygen atoms in total. The predicted octanol–water partition coefficient (Wildman–Crippen LogP) is 11.6. The van der Waals surface area contributed by atoms with E-state index in [1.54, 1.807) is 57.2 Å². The first-order valence-electron chi connectivity index (χ1n) is 28.7. The number of sulfonamides is 1. The Morgan fingerprint density at radius 2 is 0.909 bits per heavy atom. The number of nitrogens with zero attached hydrogens (tertiary/aromatic N) is 8. The number of aromatic nitrogens is 4. The maximum absolute atomic E-state index is 13.2. The van der Waals surface area contributed by atoms with Crippen LogP contribution in [0.4, 0.5) is 53.9 Å². The summed E-state index contributed by atoms with van der Waals surface area (Å²) in [5.74, 6) is 0.149. The smallest absolute Gasteiger partial charge is 0.368 e. The van der Waals surface area contributed by atoms with Gasteiger partial charge in [-0.1, -0.05) is 27.5 Å². The Kier molecular flexibility index (Phi) is 19.0. The molecule has 4 saturated heterocycles. The van der Waals surface area contributed by atoms with Crippen LogP contribution in [0.2, 0.25) is 5.02 Å². The molecule has 0 bridgehead atoms. The van der Waals surface area contributed by atoms with E-state index in [1.807, 2.05) is 58.0 Å². The zero-order valence-electron chi connectivity index (χ0n) is 50.2. The molecule has 0 saturated carbocycles. The number of hydrogen-bond acceptors (Lipinski definition) is 9. The van der Waals surface area contributed by atoms with E-state index in [4.69, 9.17) is 11.6 Å². The van der Waals surface area contributed by atoms with Gasteiger partial charge in [0.25, 0.3) is 0 Å². The molecule has 0 unspecified atom stereocenters. The van der Waals surface area contributed by atoms with Crippen molar-refractivity contribution in [2.24, 2.45) is 0 Å². The number of hydrogen-bond donors (Lipinski definition) is 5. The molecule has 0 radical (unpaired) electrons. The normalized spacial score (nSPS) is 17.6. The highest BCUT2D eigenvalue weighted by atomic mass is 79.9. The van der Waals surface area contributed by atoms with E-state index in [9.17, 15) is 49.1 Å². The Morgan fingerprint density at radius 3 is 1.31 bits per heavy atom. The molecule has 0 aliphatic carbocycles. The molecule has 4 aliphatic heterocycles. The van der Waals surface area contributed by atoms with Gasteiger partial charge in [-0.2, -0.15) is 30.6 Å². The second-order valence-electron chi connectivity index (χ2n) is 23.6. The Morgan fingerprint density at radius 1 is 0.523 bits per heavy atom. The van der Waals surface area contributed by atoms with Gasteiger partial charge in [0.05, 0.1) is 22.9 Å². The van der Waals surface area contributed by atoms with Crippen LogP contribution in [0.15, 0.2) is 102 Å². The summed E-state index contributed by atoms with van der Waals surface area (Å²) < 4.78 is 106. The summed E-state index contributed by atoms with van der Waals surface area (Å²) in [6.45, 7) is 19.4. The molecule has 8 heterocycles. The van der Waals surface area contributed by atoms with Crippen molar-refractivity contribution in [1.29, 1.82) is 0 Å². The number of piperazine rings is 4. The topological polar surface area (TPSA) is 186 Å². The minimum atomic E-state index is -4.45. The molecule has 5 N–H and O–H groups in total. The van der Waals surface area contributed by atoms with Crippen molar-refractivity contribution in [2.45, 2.75) is 65.0 Å². The zero-order chi connectivity index (χ0) is 63.8. The van der Waals surface area contributed by atoms with Crippen molar-refractivity contribution in [3.8, 4) is 0 Å². The van der Waals surface area contributed by atoms with Gasteiger partial charge in [0.15, 0.2) is 0 Å². The first kappa shape index (κ1) is 65.2. The average Bonchev–Trinajstić information content (AvgIpc) is 1.35. The number of aromatic amines is 4. The fourth-order valence-corrected chi connectivity index (χ4v) is 14.4. The molecule has 474 valence electrons. The van der Waals surface area contributed by atoms with Gasteiger partial charge in [-0.15, -0.1) is 0 Å². The van der Waals surface area contributed by atoms with Crippen molar-refractivity contribution in [3.05, 3.63) is 118 Å². The van der Waals surface area contributed by atoms with Crippen molar-refractivity contribution in [2.75, 3.05) is 125 Å². The number of nitrogens with one attached hydrogen (secondary N) is 5. The van der Waals surface area contributed by atoms with Gasteiger partial charge in [-0.05, 0) is 100 Å². The molecule has 4 aliphatic rings. The quantitative estimate of drug-likeness (QED) is 0.105. The predicted molar refractivity (Wildman–Crippen MR) is 340 cm³/mol. The van der Waals surface area contributed by atoms with Crippen LogP contribution in [-0.2, 0) is 32.0 Å². The average molecular weight is 1330 g/mol. The number of anilines is 4. The van der Waals surface area contributed by atoms with E-state index in [0.29, 0.717) is 60.5 Å². The second-order valence-corrected chi connectivity index (χ2v) is 26.8. The first-order valence-corrected chi connectivity index (χ1v) is 31.7. The summed E-state index contributed by atoms with van der Waals surface area (Å²) in [6, 6.07) is 20.4. The molecule has 12 rings (SSSR count). The third kappa shape index (κ3) is 14.6. The molecular weight excluding hydrogens is 1260 g/mol. The van der Waals surface area contributed by atoms with E-state index in [1.165, 1.54) is 33.8 Å². The highest BCUT2D eigenvalue weighted by Crippen LogP contribution is 2.41. The van der Waals surface area contributed by atoms with Crippen molar-refractivity contribution < 1.29 is 49.1 Å². The van der Waals surface area contributed by atoms with Crippen LogP contribution in [0.1, 0.15) is 52.7 Å². The lowest BCUT2D eigenvalue weighted by Crippen LogP contribution is -2.60. The number of benzene rings is 4. The molecule has 4 aromatic heterocycles. The molecule has 0 spiro atoms. The van der Waals surface area contributed by atoms with Gasteiger partial charge in [0.1, 0.15) is 0 Å². The van der Waals surface area contributed by atoms with Gasteiger partial charge in [0, 0.05) is 219 Å². The van der Waals surface area contributed by atoms with E-state index in [0.717, 1.165) is 108 Å². The van der Waals surface area contributed by atoms with Gasteiger partial charge >= 0.3 is 18.4 Å². The molecule has 4 amide bonds. The maximum Gasteiger partial charge on any atom is 0.416 e. The van der Waals surface area contributed by atoms with Crippen LogP contribution in [0, 0.1) is 0 Å². The summed E-state index contributed by atoms with van der Waals surface area (Å²) in [5, 5.41) is 7.25. The van der Waals surface area contributed by atoms with Crippen molar-refractivity contribution >= 4 is 122 Å². The lowest BCUT2D eigenvalue weighted by Gasteiger charge is -2.47. The first-order chi connectivity index (χ1) is 41.3. The molecule has 0 atom stereocenters. The summed E-state index contributed by atoms with van der Waals surface area (Å²) in [4.78, 5) is 60.8. The summed E-state index contributed by atoms with van der Waals surface area (Å²) in [7, 11) is -1.72. The zero-order valence-corrected chi connectivity index (χ0v) is 53.3. The van der Waals surface area contributed by atoms with Crippen LogP contribution in [0.3, 0.4) is 0 Å². The van der Waals surface area contributed by atoms with Crippen LogP contribution in [0.5, 0.6) is 0 Å². The van der Waals surface area contributed by atoms with Gasteiger partial charge < -0.3 is 59.6 Å². The standard InChI is InChI=1S/C17H20F3N3O.C16H20F3N3O2S.C14H16BrN3O.C14H17ClN4O/c1-11(24)23-7-6-22(10-16(23,2)3)15-9-12(17(18,19)20)8-14-13(15)4-5-21-14;1-15(2)10-21(6-7-22(15)25(3,23)24)14-9-11(16(17,18)19)8-13-12(14)4-5-20-13;1-10(19)17-4-6-18(7-5-17)14-9-11(15)8-13-12(14)2-3-16-13;1-16-14(20)19-6-4-18(5-7-19)13-9-10(15)8-12-11(13)2-3-17-12/h4-5,8-9,21H,6-7,10H2,1-3H3;4-5,8-9,20H,6-7,10H2,1-3H3;2-3,8-9,16H,4-7H2,1H3;2-3,8-9,17H,4-7H2,1H3,(H,16,20). The fraction of sp³-hybridized carbons (Fsp3) is 0.426. The highest BCUT2D eigenvalue weighted by molar-refractivity contribution is 9.10. The van der Waals surface area contributed by atoms with E-state index in [2.05, 4.69) is 75.2 Å². The number of alkyl halides is 6. The monoisotopic (exact) mass is 1330 g/mol. The number of carbonyl (C=O) groups excluding carboxylic acids is 3. The number of carbonyl (C=O) groups is 3. The highest BCUT2D eigenvalue weighted by Gasteiger charge is 2.41. The van der Waals surface area contributed by atoms with E-state index in [-0.39, 0.29) is 24.4 Å². The SMILES string of the molecule is CC(=O)N1CCN(c2cc(Br)cc3[nH]ccc23)CC1.CC(=O)N1CCN(c2cc(C(F)(F)F)cc3[nH]ccc23)CC1(C)C.CC1(C)CN(c2cc(C(F)(F)F)cc3[nH]ccc23)CCN1S(C)(=O)=O.CNC(=O)N1CCN(c2cc(Cl)cc3[nH]ccc23)CC1. The number of H-pyrrole nitrogens is 4. The van der Waals surface area contributed by atoms with Crippen molar-refractivity contribution in [1.82, 2.24) is 44.3 Å². The number of amides is 4. The van der Waals surface area contributed by atoms with E-state index < -0.39 is 44.6 Å². The summed E-state index contributed by atoms with van der Waals surface area (Å²) in [6.07, 6.45) is -0.558. The molecule has 4 aromatic carbocycles. The van der Waals surface area contributed by atoms with Crippen molar-refractivity contribution in [3.63, 3.8) is 0 Å². The molecule has 27 heteroatoms. The minimum absolute atomic E-state index is 0.0115. The van der Waals surface area contributed by atoms with Crippen LogP contribution in [-0.4, -0.2) is 181 Å². The second kappa shape index (κ2) is 25.7.